The molecule has 0 aliphatic heterocycles. The minimum atomic E-state index is 0.125. The van der Waals surface area contributed by atoms with Gasteiger partial charge in [0.1, 0.15) is 0 Å². The Morgan fingerprint density at radius 1 is 1.07 bits per heavy atom. The topological polar surface area (TPSA) is 52.0 Å². The van der Waals surface area contributed by atoms with E-state index in [1.54, 1.807) is 0 Å². The summed E-state index contributed by atoms with van der Waals surface area (Å²) in [6.45, 7) is 0.774. The molecule has 2 nitrogen and oxygen atoms in total. The summed E-state index contributed by atoms with van der Waals surface area (Å²) in [5.74, 6) is 0. The molecule has 4 N–H and O–H groups in total. The van der Waals surface area contributed by atoms with Crippen molar-refractivity contribution in [2.75, 3.05) is 6.54 Å². The van der Waals surface area contributed by atoms with Crippen LogP contribution < -0.4 is 11.5 Å². The van der Waals surface area contributed by atoms with Crippen LogP contribution in [0.2, 0.25) is 5.02 Å². The molecule has 1 aromatic rings. The van der Waals surface area contributed by atoms with Gasteiger partial charge < -0.3 is 11.5 Å². The molecule has 1 atom stereocenters. The molecule has 0 saturated heterocycles. The first-order valence-corrected chi connectivity index (χ1v) is 5.83. The van der Waals surface area contributed by atoms with Crippen molar-refractivity contribution >= 4 is 11.6 Å². The van der Waals surface area contributed by atoms with Crippen LogP contribution in [0.3, 0.4) is 0 Å². The van der Waals surface area contributed by atoms with Gasteiger partial charge in [0.25, 0.3) is 0 Å². The van der Waals surface area contributed by atoms with E-state index >= 15 is 0 Å². The summed E-state index contributed by atoms with van der Waals surface area (Å²) in [6, 6.07) is 7.89. The van der Waals surface area contributed by atoms with Gasteiger partial charge in [-0.1, -0.05) is 36.6 Å². The van der Waals surface area contributed by atoms with Crippen molar-refractivity contribution < 1.29 is 0 Å². The molecule has 0 fully saturated rings. The van der Waals surface area contributed by atoms with Crippen LogP contribution in [-0.4, -0.2) is 6.54 Å². The second kappa shape index (κ2) is 6.83. The second-order valence-electron chi connectivity index (χ2n) is 3.80. The fraction of sp³-hybridized carbons (Fsp3) is 0.500. The molecule has 1 rings (SSSR count). The Morgan fingerprint density at radius 2 is 1.73 bits per heavy atom. The first-order chi connectivity index (χ1) is 7.24. The highest BCUT2D eigenvalue weighted by Gasteiger charge is 2.04. The van der Waals surface area contributed by atoms with Crippen LogP contribution in [0.1, 0.15) is 37.3 Å². The molecule has 0 bridgehead atoms. The highest BCUT2D eigenvalue weighted by Crippen LogP contribution is 2.19. The molecule has 0 heterocycles. The van der Waals surface area contributed by atoms with Crippen LogP contribution in [0.5, 0.6) is 0 Å². The summed E-state index contributed by atoms with van der Waals surface area (Å²) in [5, 5.41) is 0.758. The van der Waals surface area contributed by atoms with Crippen LogP contribution in [0, 0.1) is 0 Å². The summed E-state index contributed by atoms with van der Waals surface area (Å²) < 4.78 is 0. The van der Waals surface area contributed by atoms with Gasteiger partial charge in [-0.3, -0.25) is 0 Å². The molecule has 0 saturated carbocycles. The van der Waals surface area contributed by atoms with Crippen molar-refractivity contribution in [1.29, 1.82) is 0 Å². The Kier molecular flexibility index (Phi) is 5.69. The molecule has 84 valence electrons. The predicted molar refractivity (Wildman–Crippen MR) is 65.9 cm³/mol. The van der Waals surface area contributed by atoms with E-state index in [1.165, 1.54) is 0 Å². The Balaban J connectivity index is 2.33. The van der Waals surface area contributed by atoms with Crippen molar-refractivity contribution in [3.8, 4) is 0 Å². The van der Waals surface area contributed by atoms with E-state index < -0.39 is 0 Å². The number of hydrogen-bond acceptors (Lipinski definition) is 2. The minimum Gasteiger partial charge on any atom is -0.330 e. The van der Waals surface area contributed by atoms with Gasteiger partial charge in [-0.25, -0.2) is 0 Å². The Labute approximate surface area is 96.6 Å². The number of unbranched alkanes of at least 4 members (excludes halogenated alkanes) is 2. The average Bonchev–Trinajstić information content (AvgIpc) is 2.25. The third kappa shape index (κ3) is 4.65. The van der Waals surface area contributed by atoms with Crippen LogP contribution in [-0.2, 0) is 0 Å². The quantitative estimate of drug-likeness (QED) is 0.733. The van der Waals surface area contributed by atoms with E-state index in [9.17, 15) is 0 Å². The molecular formula is C12H19ClN2. The molecule has 15 heavy (non-hydrogen) atoms. The minimum absolute atomic E-state index is 0.125. The lowest BCUT2D eigenvalue weighted by Gasteiger charge is -2.11. The monoisotopic (exact) mass is 226 g/mol. The molecule has 0 amide bonds. The van der Waals surface area contributed by atoms with E-state index in [0.717, 1.165) is 42.8 Å². The smallest absolute Gasteiger partial charge is 0.0406 e. The Morgan fingerprint density at radius 3 is 2.33 bits per heavy atom. The summed E-state index contributed by atoms with van der Waals surface area (Å²) >= 11 is 5.81. The third-order valence-corrected chi connectivity index (χ3v) is 2.77. The normalized spacial score (nSPS) is 12.7. The first kappa shape index (κ1) is 12.5. The van der Waals surface area contributed by atoms with Crippen LogP contribution in [0.15, 0.2) is 24.3 Å². The largest absolute Gasteiger partial charge is 0.330 e. The average molecular weight is 227 g/mol. The fourth-order valence-corrected chi connectivity index (χ4v) is 1.69. The van der Waals surface area contributed by atoms with Gasteiger partial charge in [-0.2, -0.15) is 0 Å². The maximum Gasteiger partial charge on any atom is 0.0406 e. The molecule has 0 spiro atoms. The molecule has 0 aromatic heterocycles. The van der Waals surface area contributed by atoms with E-state index in [1.807, 2.05) is 24.3 Å². The van der Waals surface area contributed by atoms with E-state index in [4.69, 9.17) is 23.1 Å². The third-order valence-electron chi connectivity index (χ3n) is 2.52. The van der Waals surface area contributed by atoms with Gasteiger partial charge in [-0.05, 0) is 37.1 Å². The Bertz CT molecular complexity index is 271. The molecule has 1 unspecified atom stereocenters. The summed E-state index contributed by atoms with van der Waals surface area (Å²) in [6.07, 6.45) is 4.41. The summed E-state index contributed by atoms with van der Waals surface area (Å²) in [4.78, 5) is 0. The maximum atomic E-state index is 6.05. The van der Waals surface area contributed by atoms with Crippen LogP contribution in [0.4, 0.5) is 0 Å². The number of hydrogen-bond donors (Lipinski definition) is 2. The van der Waals surface area contributed by atoms with Gasteiger partial charge >= 0.3 is 0 Å². The second-order valence-corrected chi connectivity index (χ2v) is 4.23. The Hall–Kier alpha value is -0.570. The van der Waals surface area contributed by atoms with E-state index in [0.29, 0.717) is 0 Å². The zero-order valence-corrected chi connectivity index (χ0v) is 9.71. The molecule has 0 aliphatic rings. The molecule has 0 aliphatic carbocycles. The molecule has 1 aromatic carbocycles. The standard InChI is InChI=1S/C12H19ClN2/c13-11-7-5-10(6-8-11)12(15)4-2-1-3-9-14/h5-8,12H,1-4,9,14-15H2. The first-order valence-electron chi connectivity index (χ1n) is 5.45. The lowest BCUT2D eigenvalue weighted by Crippen LogP contribution is -2.10. The predicted octanol–water partition coefficient (Wildman–Crippen LogP) is 2.86. The maximum absolute atomic E-state index is 6.05. The van der Waals surface area contributed by atoms with Gasteiger partial charge in [-0.15, -0.1) is 0 Å². The van der Waals surface area contributed by atoms with Crippen molar-refractivity contribution in [2.24, 2.45) is 11.5 Å². The lowest BCUT2D eigenvalue weighted by molar-refractivity contribution is 0.573. The van der Waals surface area contributed by atoms with Crippen molar-refractivity contribution in [1.82, 2.24) is 0 Å². The fourth-order valence-electron chi connectivity index (χ4n) is 1.56. The summed E-state index contributed by atoms with van der Waals surface area (Å²) in [5.41, 5.74) is 12.6. The van der Waals surface area contributed by atoms with Gasteiger partial charge in [0.15, 0.2) is 0 Å². The van der Waals surface area contributed by atoms with Gasteiger partial charge in [0.05, 0.1) is 0 Å². The number of rotatable bonds is 6. The van der Waals surface area contributed by atoms with E-state index in [2.05, 4.69) is 0 Å². The van der Waals surface area contributed by atoms with Crippen molar-refractivity contribution in [3.05, 3.63) is 34.9 Å². The van der Waals surface area contributed by atoms with Gasteiger partial charge in [0.2, 0.25) is 0 Å². The van der Waals surface area contributed by atoms with Crippen molar-refractivity contribution in [3.63, 3.8) is 0 Å². The number of nitrogens with two attached hydrogens (primary N) is 2. The molecule has 3 heteroatoms. The SMILES string of the molecule is NCCCCCC(N)c1ccc(Cl)cc1. The highest BCUT2D eigenvalue weighted by atomic mass is 35.5. The van der Waals surface area contributed by atoms with Gasteiger partial charge in [0, 0.05) is 11.1 Å². The van der Waals surface area contributed by atoms with E-state index in [-0.39, 0.29) is 6.04 Å². The zero-order chi connectivity index (χ0) is 11.1. The number of benzene rings is 1. The van der Waals surface area contributed by atoms with Crippen LogP contribution in [0.25, 0.3) is 0 Å². The molecule has 0 radical (unpaired) electrons. The van der Waals surface area contributed by atoms with Crippen molar-refractivity contribution in [2.45, 2.75) is 31.7 Å². The highest BCUT2D eigenvalue weighted by molar-refractivity contribution is 6.30. The molecular weight excluding hydrogens is 208 g/mol. The van der Waals surface area contributed by atoms with Crippen LogP contribution >= 0.6 is 11.6 Å². The zero-order valence-electron chi connectivity index (χ0n) is 8.95. The lowest BCUT2D eigenvalue weighted by atomic mass is 10.0. The summed E-state index contributed by atoms with van der Waals surface area (Å²) in [7, 11) is 0. The number of halogens is 1.